The summed E-state index contributed by atoms with van der Waals surface area (Å²) in [6.45, 7) is 0. The molecular weight excluding hydrogens is 519 g/mol. The van der Waals surface area contributed by atoms with Crippen LogP contribution in [0.5, 0.6) is 0 Å². The molecule has 0 radical (unpaired) electrons. The van der Waals surface area contributed by atoms with Gasteiger partial charge in [0.15, 0.2) is 0 Å². The lowest BCUT2D eigenvalue weighted by atomic mass is 10.1. The van der Waals surface area contributed by atoms with Gasteiger partial charge in [-0.05, 0) is 88.0 Å². The van der Waals surface area contributed by atoms with Crippen molar-refractivity contribution in [3.63, 3.8) is 0 Å². The predicted molar refractivity (Wildman–Crippen MR) is 137 cm³/mol. The Kier molecular flexibility index (Phi) is 6.89. The number of halogens is 1. The Morgan fingerprint density at radius 1 is 0.742 bits per heavy atom. The summed E-state index contributed by atoms with van der Waals surface area (Å²) in [6.07, 6.45) is 0. The van der Waals surface area contributed by atoms with Gasteiger partial charge in [-0.1, -0.05) is 36.4 Å². The van der Waals surface area contributed by atoms with Crippen molar-refractivity contribution in [2.75, 3.05) is 16.4 Å². The second kappa shape index (κ2) is 9.98. The summed E-state index contributed by atoms with van der Waals surface area (Å²) in [5.74, 6) is 0.0507. The minimum absolute atomic E-state index is 0.0724. The highest BCUT2D eigenvalue weighted by Crippen LogP contribution is 2.23. The van der Waals surface area contributed by atoms with Crippen LogP contribution in [-0.4, -0.2) is 17.6 Å². The van der Waals surface area contributed by atoms with Gasteiger partial charge in [0.2, 0.25) is 5.91 Å². The molecule has 0 unspecified atom stereocenters. The van der Waals surface area contributed by atoms with Gasteiger partial charge >= 0.3 is 0 Å². The van der Waals surface area contributed by atoms with E-state index in [1.165, 1.54) is 11.8 Å². The topological polar surface area (TPSA) is 58.2 Å². The zero-order chi connectivity index (χ0) is 21.6. The third kappa shape index (κ3) is 5.86. The van der Waals surface area contributed by atoms with Crippen LogP contribution in [0.1, 0.15) is 10.4 Å². The van der Waals surface area contributed by atoms with Crippen LogP contribution in [0.2, 0.25) is 0 Å². The fourth-order valence-corrected chi connectivity index (χ4v) is 4.19. The van der Waals surface area contributed by atoms with Gasteiger partial charge in [0, 0.05) is 25.4 Å². The molecule has 0 aliphatic carbocycles. The number of carbonyl (C=O) groups is 2. The second-order valence-corrected chi connectivity index (χ2v) is 9.18. The fourth-order valence-electron chi connectivity index (χ4n) is 3.08. The predicted octanol–water partition coefficient (Wildman–Crippen LogP) is 6.43. The van der Waals surface area contributed by atoms with Gasteiger partial charge < -0.3 is 10.6 Å². The molecule has 4 aromatic rings. The molecule has 4 nitrogen and oxygen atoms in total. The summed E-state index contributed by atoms with van der Waals surface area (Å²) in [5, 5.41) is 7.96. The zero-order valence-electron chi connectivity index (χ0n) is 16.5. The molecule has 0 bridgehead atoms. The van der Waals surface area contributed by atoms with Crippen molar-refractivity contribution in [1.82, 2.24) is 0 Å². The van der Waals surface area contributed by atoms with Gasteiger partial charge in [-0.3, -0.25) is 9.59 Å². The highest BCUT2D eigenvalue weighted by molar-refractivity contribution is 14.1. The molecule has 0 fully saturated rings. The largest absolute Gasteiger partial charge is 0.325 e. The monoisotopic (exact) mass is 538 g/mol. The first-order valence-corrected chi connectivity index (χ1v) is 11.7. The minimum Gasteiger partial charge on any atom is -0.325 e. The molecule has 31 heavy (non-hydrogen) atoms. The maximum Gasteiger partial charge on any atom is 0.255 e. The number of hydrogen-bond donors (Lipinski definition) is 2. The van der Waals surface area contributed by atoms with E-state index in [9.17, 15) is 9.59 Å². The third-order valence-electron chi connectivity index (χ3n) is 4.60. The lowest BCUT2D eigenvalue weighted by Gasteiger charge is -2.09. The Morgan fingerprint density at radius 2 is 1.52 bits per heavy atom. The van der Waals surface area contributed by atoms with Crippen molar-refractivity contribution < 1.29 is 9.59 Å². The number of hydrogen-bond acceptors (Lipinski definition) is 3. The Bertz CT molecular complexity index is 1240. The molecule has 2 amide bonds. The molecule has 2 N–H and O–H groups in total. The Labute approximate surface area is 198 Å². The Morgan fingerprint density at radius 3 is 2.32 bits per heavy atom. The van der Waals surface area contributed by atoms with Gasteiger partial charge in [0.05, 0.1) is 5.75 Å². The first-order chi connectivity index (χ1) is 15.1. The first-order valence-electron chi connectivity index (χ1n) is 9.65. The van der Waals surface area contributed by atoms with E-state index in [4.69, 9.17) is 0 Å². The summed E-state index contributed by atoms with van der Waals surface area (Å²) >= 11 is 3.65. The van der Waals surface area contributed by atoms with Crippen LogP contribution in [-0.2, 0) is 4.79 Å². The summed E-state index contributed by atoms with van der Waals surface area (Å²) < 4.78 is 1.12. The van der Waals surface area contributed by atoms with Gasteiger partial charge in [0.1, 0.15) is 0 Å². The van der Waals surface area contributed by atoms with Crippen LogP contribution in [0.4, 0.5) is 11.4 Å². The van der Waals surface area contributed by atoms with Crippen LogP contribution >= 0.6 is 34.4 Å². The molecule has 4 rings (SSSR count). The minimum atomic E-state index is -0.163. The number of benzene rings is 4. The van der Waals surface area contributed by atoms with E-state index in [1.807, 2.05) is 91.0 Å². The van der Waals surface area contributed by atoms with Crippen molar-refractivity contribution in [1.29, 1.82) is 0 Å². The lowest BCUT2D eigenvalue weighted by Crippen LogP contribution is -2.14. The van der Waals surface area contributed by atoms with Gasteiger partial charge in [-0.25, -0.2) is 0 Å². The van der Waals surface area contributed by atoms with Crippen LogP contribution in [0.25, 0.3) is 10.8 Å². The molecule has 0 aliphatic rings. The average molecular weight is 538 g/mol. The van der Waals surface area contributed by atoms with Crippen LogP contribution in [0.15, 0.2) is 95.9 Å². The van der Waals surface area contributed by atoms with Crippen molar-refractivity contribution >= 4 is 68.3 Å². The summed E-state index contributed by atoms with van der Waals surface area (Å²) in [6, 6.07) is 28.8. The molecule has 154 valence electrons. The van der Waals surface area contributed by atoms with E-state index in [1.54, 1.807) is 0 Å². The van der Waals surface area contributed by atoms with Gasteiger partial charge in [-0.15, -0.1) is 11.8 Å². The quantitative estimate of drug-likeness (QED) is 0.220. The van der Waals surface area contributed by atoms with Crippen molar-refractivity contribution in [3.05, 3.63) is 100 Å². The molecule has 0 aliphatic heterocycles. The number of thioether (sulfide) groups is 1. The standard InChI is InChI=1S/C25H19IN2O2S/c26-20-10-12-21(13-11-20)27-24(29)16-31-23-7-3-6-22(15-23)28-25(30)19-9-8-17-4-1-2-5-18(17)14-19/h1-15H,16H2,(H,27,29)(H,28,30). The molecule has 0 aromatic heterocycles. The van der Waals surface area contributed by atoms with E-state index < -0.39 is 0 Å². The molecule has 0 spiro atoms. The van der Waals surface area contributed by atoms with E-state index in [0.29, 0.717) is 11.3 Å². The summed E-state index contributed by atoms with van der Waals surface area (Å²) in [4.78, 5) is 25.8. The maximum absolute atomic E-state index is 12.7. The summed E-state index contributed by atoms with van der Waals surface area (Å²) in [5.41, 5.74) is 2.08. The number of amides is 2. The average Bonchev–Trinajstić information content (AvgIpc) is 2.79. The van der Waals surface area contributed by atoms with E-state index in [2.05, 4.69) is 33.2 Å². The normalized spacial score (nSPS) is 10.6. The Hall–Kier alpha value is -2.84. The number of carbonyl (C=O) groups excluding carboxylic acids is 2. The Balaban J connectivity index is 1.36. The maximum atomic E-state index is 12.7. The molecular formula is C25H19IN2O2S. The van der Waals surface area contributed by atoms with Crippen LogP contribution < -0.4 is 10.6 Å². The van der Waals surface area contributed by atoms with Crippen LogP contribution in [0.3, 0.4) is 0 Å². The zero-order valence-corrected chi connectivity index (χ0v) is 19.4. The van der Waals surface area contributed by atoms with Crippen molar-refractivity contribution in [3.8, 4) is 0 Å². The lowest BCUT2D eigenvalue weighted by molar-refractivity contribution is -0.113. The smallest absolute Gasteiger partial charge is 0.255 e. The molecule has 0 saturated heterocycles. The van der Waals surface area contributed by atoms with Crippen molar-refractivity contribution in [2.24, 2.45) is 0 Å². The highest BCUT2D eigenvalue weighted by atomic mass is 127. The second-order valence-electron chi connectivity index (χ2n) is 6.89. The molecule has 0 saturated carbocycles. The number of nitrogens with one attached hydrogen (secondary N) is 2. The van der Waals surface area contributed by atoms with E-state index in [-0.39, 0.29) is 17.6 Å². The number of fused-ring (bicyclic) bond motifs is 1. The number of anilines is 2. The van der Waals surface area contributed by atoms with Gasteiger partial charge in [-0.2, -0.15) is 0 Å². The molecule has 0 atom stereocenters. The van der Waals surface area contributed by atoms with E-state index >= 15 is 0 Å². The first kappa shape index (κ1) is 21.4. The molecule has 6 heteroatoms. The van der Waals surface area contributed by atoms with Crippen LogP contribution in [0, 0.1) is 3.57 Å². The fraction of sp³-hybridized carbons (Fsp3) is 0.0400. The molecule has 0 heterocycles. The van der Waals surface area contributed by atoms with E-state index in [0.717, 1.165) is 24.9 Å². The van der Waals surface area contributed by atoms with Crippen molar-refractivity contribution in [2.45, 2.75) is 4.90 Å². The highest BCUT2D eigenvalue weighted by Gasteiger charge is 2.09. The molecule has 4 aromatic carbocycles. The number of rotatable bonds is 6. The SMILES string of the molecule is O=C(CSc1cccc(NC(=O)c2ccc3ccccc3c2)c1)Nc1ccc(I)cc1. The van der Waals surface area contributed by atoms with Gasteiger partial charge in [0.25, 0.3) is 5.91 Å². The third-order valence-corrected chi connectivity index (χ3v) is 6.31. The summed E-state index contributed by atoms with van der Waals surface area (Å²) in [7, 11) is 0.